The maximum Gasteiger partial charge on any atom is 0.242 e. The molecular formula is C21H28N2O4. The Morgan fingerprint density at radius 3 is 2.41 bits per heavy atom. The van der Waals surface area contributed by atoms with E-state index in [0.29, 0.717) is 24.3 Å². The molecule has 1 aliphatic carbocycles. The molecule has 1 unspecified atom stereocenters. The molecule has 0 N–H and O–H groups in total. The van der Waals surface area contributed by atoms with Crippen molar-refractivity contribution in [1.29, 1.82) is 0 Å². The standard InChI is InChI=1S/C21H28N2O4/c1-21(2)11-16-20(17(24)12-21)15(10-19(25)23(16)22(3)4)14-9-13(26-5)7-8-18(14)27-6/h7-9,15H,10-12H2,1-6H3. The van der Waals surface area contributed by atoms with Crippen LogP contribution in [0.3, 0.4) is 0 Å². The number of carbonyl (C=O) groups is 2. The maximum atomic E-state index is 13.2. The number of hydrazine groups is 1. The maximum absolute atomic E-state index is 13.2. The van der Waals surface area contributed by atoms with Gasteiger partial charge in [-0.15, -0.1) is 0 Å². The van der Waals surface area contributed by atoms with Crippen LogP contribution < -0.4 is 9.47 Å². The Bertz CT molecular complexity index is 810. The molecule has 27 heavy (non-hydrogen) atoms. The van der Waals surface area contributed by atoms with E-state index in [4.69, 9.17) is 9.47 Å². The number of carbonyl (C=O) groups excluding carboxylic acids is 2. The quantitative estimate of drug-likeness (QED) is 0.813. The molecule has 1 aliphatic heterocycles. The largest absolute Gasteiger partial charge is 0.497 e. The fourth-order valence-corrected chi connectivity index (χ4v) is 4.24. The highest BCUT2D eigenvalue weighted by Crippen LogP contribution is 2.49. The van der Waals surface area contributed by atoms with E-state index in [-0.39, 0.29) is 29.4 Å². The van der Waals surface area contributed by atoms with Crippen LogP contribution in [0.4, 0.5) is 0 Å². The average molecular weight is 372 g/mol. The van der Waals surface area contributed by atoms with Gasteiger partial charge in [0.25, 0.3) is 0 Å². The number of allylic oxidation sites excluding steroid dienone is 2. The lowest BCUT2D eigenvalue weighted by atomic mass is 9.69. The molecule has 1 amide bonds. The minimum Gasteiger partial charge on any atom is -0.497 e. The van der Waals surface area contributed by atoms with Gasteiger partial charge >= 0.3 is 0 Å². The summed E-state index contributed by atoms with van der Waals surface area (Å²) in [4.78, 5) is 26.2. The molecular weight excluding hydrogens is 344 g/mol. The first-order chi connectivity index (χ1) is 12.7. The van der Waals surface area contributed by atoms with Gasteiger partial charge in [-0.05, 0) is 30.0 Å². The zero-order chi connectivity index (χ0) is 19.9. The van der Waals surface area contributed by atoms with E-state index in [9.17, 15) is 9.59 Å². The number of methoxy groups -OCH3 is 2. The zero-order valence-corrected chi connectivity index (χ0v) is 17.0. The Labute approximate surface area is 160 Å². The molecule has 0 saturated heterocycles. The first-order valence-corrected chi connectivity index (χ1v) is 9.17. The van der Waals surface area contributed by atoms with Crippen molar-refractivity contribution in [2.75, 3.05) is 28.3 Å². The number of amides is 1. The van der Waals surface area contributed by atoms with Gasteiger partial charge in [-0.25, -0.2) is 10.0 Å². The molecule has 1 aromatic rings. The van der Waals surface area contributed by atoms with Crippen LogP contribution >= 0.6 is 0 Å². The van der Waals surface area contributed by atoms with Gasteiger partial charge in [0, 0.05) is 49.7 Å². The number of rotatable bonds is 4. The van der Waals surface area contributed by atoms with Gasteiger partial charge in [0.05, 0.1) is 14.2 Å². The topological polar surface area (TPSA) is 59.1 Å². The molecule has 0 aromatic heterocycles. The minimum atomic E-state index is -0.322. The summed E-state index contributed by atoms with van der Waals surface area (Å²) in [5.74, 6) is 1.11. The van der Waals surface area contributed by atoms with Crippen LogP contribution in [-0.2, 0) is 9.59 Å². The van der Waals surface area contributed by atoms with Crippen molar-refractivity contribution < 1.29 is 19.1 Å². The van der Waals surface area contributed by atoms with E-state index in [1.54, 1.807) is 24.2 Å². The number of benzene rings is 1. The molecule has 0 saturated carbocycles. The molecule has 0 bridgehead atoms. The highest BCUT2D eigenvalue weighted by Gasteiger charge is 2.45. The van der Waals surface area contributed by atoms with Crippen LogP contribution in [0.2, 0.25) is 0 Å². The molecule has 1 atom stereocenters. The first-order valence-electron chi connectivity index (χ1n) is 9.17. The molecule has 6 nitrogen and oxygen atoms in total. The molecule has 1 aromatic carbocycles. The number of ether oxygens (including phenoxy) is 2. The second kappa shape index (κ2) is 7.00. The lowest BCUT2D eigenvalue weighted by Gasteiger charge is -2.44. The molecule has 6 heteroatoms. The van der Waals surface area contributed by atoms with E-state index in [0.717, 1.165) is 16.8 Å². The SMILES string of the molecule is COc1ccc(OC)c(C2CC(=O)N(N(C)C)C3=C2C(=O)CC(C)(C)C3)c1. The number of hydrogen-bond donors (Lipinski definition) is 0. The number of nitrogens with zero attached hydrogens (tertiary/aromatic N) is 2. The Morgan fingerprint density at radius 2 is 1.81 bits per heavy atom. The Morgan fingerprint density at radius 1 is 1.11 bits per heavy atom. The Hall–Kier alpha value is -2.34. The lowest BCUT2D eigenvalue weighted by molar-refractivity contribution is -0.143. The zero-order valence-electron chi connectivity index (χ0n) is 17.0. The van der Waals surface area contributed by atoms with E-state index >= 15 is 0 Å². The third kappa shape index (κ3) is 3.46. The van der Waals surface area contributed by atoms with Gasteiger partial charge < -0.3 is 9.47 Å². The van der Waals surface area contributed by atoms with Crippen molar-refractivity contribution in [3.63, 3.8) is 0 Å². The van der Waals surface area contributed by atoms with Gasteiger partial charge in [0.2, 0.25) is 5.91 Å². The fraction of sp³-hybridized carbons (Fsp3) is 0.524. The molecule has 0 spiro atoms. The van der Waals surface area contributed by atoms with E-state index in [2.05, 4.69) is 13.8 Å². The van der Waals surface area contributed by atoms with Crippen LogP contribution in [0, 0.1) is 5.41 Å². The van der Waals surface area contributed by atoms with E-state index < -0.39 is 0 Å². The monoisotopic (exact) mass is 372 g/mol. The first kappa shape index (κ1) is 19.4. The van der Waals surface area contributed by atoms with Crippen molar-refractivity contribution >= 4 is 11.7 Å². The smallest absolute Gasteiger partial charge is 0.242 e. The average Bonchev–Trinajstić information content (AvgIpc) is 2.58. The van der Waals surface area contributed by atoms with Gasteiger partial charge in [-0.2, -0.15) is 0 Å². The normalized spacial score (nSPS) is 22.2. The number of ketones is 1. The Kier molecular flexibility index (Phi) is 5.04. The number of hydrogen-bond acceptors (Lipinski definition) is 5. The highest BCUT2D eigenvalue weighted by molar-refractivity contribution is 6.02. The molecule has 2 aliphatic rings. The highest BCUT2D eigenvalue weighted by atomic mass is 16.5. The second-order valence-corrected chi connectivity index (χ2v) is 8.22. The predicted octanol–water partition coefficient (Wildman–Crippen LogP) is 3.14. The number of Topliss-reactive ketones (excluding diaryl/α,β-unsaturated/α-hetero) is 1. The van der Waals surface area contributed by atoms with Gasteiger partial charge in [-0.1, -0.05) is 13.8 Å². The molecule has 3 rings (SSSR count). The Balaban J connectivity index is 2.21. The summed E-state index contributed by atoms with van der Waals surface area (Å²) in [6.07, 6.45) is 1.39. The van der Waals surface area contributed by atoms with Crippen LogP contribution in [0.1, 0.15) is 44.6 Å². The third-order valence-electron chi connectivity index (χ3n) is 5.33. The predicted molar refractivity (Wildman–Crippen MR) is 102 cm³/mol. The molecule has 0 radical (unpaired) electrons. The molecule has 1 heterocycles. The third-order valence-corrected chi connectivity index (χ3v) is 5.33. The van der Waals surface area contributed by atoms with Crippen molar-refractivity contribution in [2.24, 2.45) is 5.41 Å². The summed E-state index contributed by atoms with van der Waals surface area (Å²) in [5, 5.41) is 3.43. The fourth-order valence-electron chi connectivity index (χ4n) is 4.24. The summed E-state index contributed by atoms with van der Waals surface area (Å²) < 4.78 is 10.9. The van der Waals surface area contributed by atoms with E-state index in [1.165, 1.54) is 0 Å². The lowest BCUT2D eigenvalue weighted by Crippen LogP contribution is -2.49. The van der Waals surface area contributed by atoms with Crippen molar-refractivity contribution in [2.45, 2.75) is 39.0 Å². The van der Waals surface area contributed by atoms with Gasteiger partial charge in [0.1, 0.15) is 11.5 Å². The van der Waals surface area contributed by atoms with Crippen molar-refractivity contribution in [3.05, 3.63) is 35.0 Å². The van der Waals surface area contributed by atoms with Crippen LogP contribution in [0.5, 0.6) is 11.5 Å². The van der Waals surface area contributed by atoms with Crippen LogP contribution in [0.25, 0.3) is 0 Å². The second-order valence-electron chi connectivity index (χ2n) is 8.22. The van der Waals surface area contributed by atoms with E-state index in [1.807, 2.05) is 32.3 Å². The van der Waals surface area contributed by atoms with Gasteiger partial charge in [0.15, 0.2) is 5.78 Å². The summed E-state index contributed by atoms with van der Waals surface area (Å²) in [5.41, 5.74) is 2.19. The van der Waals surface area contributed by atoms with Crippen LogP contribution in [0.15, 0.2) is 29.5 Å². The minimum absolute atomic E-state index is 0.0147. The van der Waals surface area contributed by atoms with Crippen LogP contribution in [-0.4, -0.2) is 50.0 Å². The summed E-state index contributed by atoms with van der Waals surface area (Å²) >= 11 is 0. The molecule has 146 valence electrons. The van der Waals surface area contributed by atoms with Gasteiger partial charge in [-0.3, -0.25) is 9.59 Å². The van der Waals surface area contributed by atoms with Crippen molar-refractivity contribution in [3.8, 4) is 11.5 Å². The summed E-state index contributed by atoms with van der Waals surface area (Å²) in [6, 6.07) is 5.52. The molecule has 0 fully saturated rings. The van der Waals surface area contributed by atoms with Crippen molar-refractivity contribution in [1.82, 2.24) is 10.0 Å². The summed E-state index contributed by atoms with van der Waals surface area (Å²) in [6.45, 7) is 4.14. The summed E-state index contributed by atoms with van der Waals surface area (Å²) in [7, 11) is 6.87.